The van der Waals surface area contributed by atoms with E-state index in [4.69, 9.17) is 23.7 Å². The van der Waals surface area contributed by atoms with E-state index in [2.05, 4.69) is 31.9 Å². The minimum atomic E-state index is -0.536. The fourth-order valence-corrected chi connectivity index (χ4v) is 3.70. The number of aldehydes is 1. The minimum Gasteiger partial charge on any atom is -1.00 e. The third-order valence-corrected chi connectivity index (χ3v) is 5.95. The maximum absolute atomic E-state index is 10.5. The maximum atomic E-state index is 10.5. The Labute approximate surface area is 252 Å². The smallest absolute Gasteiger partial charge is 1.00 e. The third kappa shape index (κ3) is 13.0. The molecule has 2 aromatic rings. The summed E-state index contributed by atoms with van der Waals surface area (Å²) in [5.41, 5.74) is 1.29. The van der Waals surface area contributed by atoms with Crippen molar-refractivity contribution in [1.82, 2.24) is 0 Å². The molecule has 1 saturated heterocycles. The van der Waals surface area contributed by atoms with Gasteiger partial charge in [0.2, 0.25) is 0 Å². The molecule has 1 heterocycles. The molecule has 3 rings (SSSR count). The summed E-state index contributed by atoms with van der Waals surface area (Å²) in [4.78, 5) is 10.5. The molecule has 194 valence electrons. The van der Waals surface area contributed by atoms with Crippen LogP contribution in [-0.2, 0) is 4.74 Å². The second-order valence-electron chi connectivity index (χ2n) is 6.59. The van der Waals surface area contributed by atoms with E-state index in [0.29, 0.717) is 33.0 Å². The Morgan fingerprint density at radius 3 is 1.43 bits per heavy atom. The second kappa shape index (κ2) is 21.5. The first kappa shape index (κ1) is 39.0. The molecule has 0 bridgehead atoms. The zero-order valence-corrected chi connectivity index (χ0v) is 27.2. The maximum Gasteiger partial charge on any atom is 2.00 e. The summed E-state index contributed by atoms with van der Waals surface area (Å²) in [7, 11) is 6.22. The largest absolute Gasteiger partial charge is 2.00 e. The number of carbonyl (C=O) groups is 1. The Morgan fingerprint density at radius 2 is 1.20 bits per heavy atom. The normalized spacial score (nSPS) is 11.9. The van der Waals surface area contributed by atoms with Gasteiger partial charge in [0.1, 0.15) is 38.2 Å². The standard InChI is InChI=1S/C10H13BrO3.C9H9BrO3.C4H8O.CH3.BrH.Mg/c1-6(12)7-4-8(13-2)10(11)9(5-7)14-3;1-12-7-3-6(5-11)4-8(13-2)9(7)10;1-2-4-5-3-1;;;/h4-6,12H,1-3H3;3-5H,1-2H3;1-4H2;1H3;1H;/q;;;-1;;+2/p-1. The van der Waals surface area contributed by atoms with Crippen LogP contribution in [0.25, 0.3) is 0 Å². The Hall–Kier alpha value is -0.564. The first-order valence-electron chi connectivity index (χ1n) is 9.86. The van der Waals surface area contributed by atoms with Crippen LogP contribution in [-0.4, -0.2) is 76.1 Å². The number of rotatable bonds is 6. The number of carbonyl (C=O) groups excluding carboxylic acids is 1. The van der Waals surface area contributed by atoms with Crippen molar-refractivity contribution in [2.45, 2.75) is 25.9 Å². The van der Waals surface area contributed by atoms with E-state index in [9.17, 15) is 9.90 Å². The van der Waals surface area contributed by atoms with Gasteiger partial charge in [0.15, 0.2) is 0 Å². The van der Waals surface area contributed by atoms with Crippen molar-refractivity contribution in [1.29, 1.82) is 0 Å². The third-order valence-electron chi connectivity index (χ3n) is 4.38. The van der Waals surface area contributed by atoms with Crippen LogP contribution >= 0.6 is 31.9 Å². The minimum absolute atomic E-state index is 0. The second-order valence-corrected chi connectivity index (χ2v) is 8.18. The molecule has 0 saturated carbocycles. The average molecular weight is 698 g/mol. The predicted octanol–water partition coefficient (Wildman–Crippen LogP) is 2.67. The van der Waals surface area contributed by atoms with Crippen molar-refractivity contribution in [2.75, 3.05) is 41.7 Å². The van der Waals surface area contributed by atoms with Gasteiger partial charge >= 0.3 is 23.1 Å². The van der Waals surface area contributed by atoms with Crippen molar-refractivity contribution in [2.24, 2.45) is 0 Å². The van der Waals surface area contributed by atoms with E-state index >= 15 is 0 Å². The van der Waals surface area contributed by atoms with Crippen LogP contribution in [0.4, 0.5) is 0 Å². The molecule has 11 heteroatoms. The summed E-state index contributed by atoms with van der Waals surface area (Å²) in [5.74, 6) is 2.48. The molecular weight excluding hydrogens is 664 g/mol. The van der Waals surface area contributed by atoms with Gasteiger partial charge in [-0.05, 0) is 81.5 Å². The van der Waals surface area contributed by atoms with Gasteiger partial charge in [-0.15, -0.1) is 0 Å². The fraction of sp³-hybridized carbons (Fsp3) is 0.417. The van der Waals surface area contributed by atoms with Gasteiger partial charge in [0, 0.05) is 18.8 Å². The molecule has 0 spiro atoms. The van der Waals surface area contributed by atoms with Crippen molar-refractivity contribution in [3.8, 4) is 23.0 Å². The van der Waals surface area contributed by atoms with Crippen LogP contribution in [0.3, 0.4) is 0 Å². The fourth-order valence-electron chi connectivity index (χ4n) is 2.60. The SMILES string of the molecule is C1CCOC1.COc1cc(C(C)O)cc(OC)c1Br.COc1cc(C=O)cc(OC)c1Br.[Br-].[CH3-].[Mg+2]. The molecule has 0 radical (unpaired) electrons. The zero-order chi connectivity index (χ0) is 24.1. The predicted molar refractivity (Wildman–Crippen MR) is 143 cm³/mol. The summed E-state index contributed by atoms with van der Waals surface area (Å²) in [6.45, 7) is 3.70. The van der Waals surface area contributed by atoms with Crippen LogP contribution in [0.15, 0.2) is 33.2 Å². The Balaban J connectivity index is -0.000000456. The van der Waals surface area contributed by atoms with Crippen molar-refractivity contribution >= 4 is 61.2 Å². The van der Waals surface area contributed by atoms with Crippen LogP contribution in [0.2, 0.25) is 0 Å². The van der Waals surface area contributed by atoms with Gasteiger partial charge in [0.05, 0.1) is 34.5 Å². The molecule has 1 atom stereocenters. The van der Waals surface area contributed by atoms with Gasteiger partial charge in [-0.2, -0.15) is 0 Å². The number of hydrogen-bond donors (Lipinski definition) is 1. The Bertz CT molecular complexity index is 805. The quantitative estimate of drug-likeness (QED) is 0.283. The number of aliphatic hydroxyl groups is 1. The van der Waals surface area contributed by atoms with Crippen LogP contribution in [0.5, 0.6) is 23.0 Å². The number of halogens is 3. The van der Waals surface area contributed by atoms with E-state index in [0.717, 1.165) is 29.5 Å². The molecule has 1 fully saturated rings. The van der Waals surface area contributed by atoms with Gasteiger partial charge in [-0.1, -0.05) is 0 Å². The summed E-state index contributed by atoms with van der Waals surface area (Å²) < 4.78 is 26.8. The van der Waals surface area contributed by atoms with Crippen LogP contribution < -0.4 is 35.9 Å². The monoisotopic (exact) mass is 694 g/mol. The molecule has 1 unspecified atom stereocenters. The molecular formula is C24H33Br3MgO7. The molecule has 0 amide bonds. The van der Waals surface area contributed by atoms with Crippen molar-refractivity contribution in [3.05, 3.63) is 51.8 Å². The topological polar surface area (TPSA) is 83.5 Å². The Kier molecular flexibility index (Phi) is 23.9. The van der Waals surface area contributed by atoms with Gasteiger partial charge < -0.3 is 53.2 Å². The molecule has 1 aliphatic rings. The first-order valence-corrected chi connectivity index (χ1v) is 11.4. The molecule has 2 aromatic carbocycles. The molecule has 0 aliphatic carbocycles. The van der Waals surface area contributed by atoms with Gasteiger partial charge in [-0.25, -0.2) is 0 Å². The van der Waals surface area contributed by atoms with E-state index in [1.165, 1.54) is 27.1 Å². The van der Waals surface area contributed by atoms with Crippen molar-refractivity contribution in [3.63, 3.8) is 0 Å². The number of methoxy groups -OCH3 is 4. The molecule has 35 heavy (non-hydrogen) atoms. The average Bonchev–Trinajstić information content (AvgIpc) is 3.40. The van der Waals surface area contributed by atoms with E-state index in [1.54, 1.807) is 45.4 Å². The van der Waals surface area contributed by atoms with E-state index in [1.807, 2.05) is 0 Å². The first-order chi connectivity index (χ1) is 15.3. The summed E-state index contributed by atoms with van der Waals surface area (Å²) in [6, 6.07) is 6.83. The van der Waals surface area contributed by atoms with Crippen molar-refractivity contribution < 1.29 is 50.6 Å². The zero-order valence-electron chi connectivity index (χ0n) is 21.0. The molecule has 0 aromatic heterocycles. The van der Waals surface area contributed by atoms with E-state index in [-0.39, 0.29) is 47.5 Å². The summed E-state index contributed by atoms with van der Waals surface area (Å²) in [5, 5.41) is 9.43. The summed E-state index contributed by atoms with van der Waals surface area (Å²) in [6.07, 6.45) is 2.77. The van der Waals surface area contributed by atoms with Gasteiger partial charge in [-0.3, -0.25) is 4.79 Å². The van der Waals surface area contributed by atoms with Gasteiger partial charge in [0.25, 0.3) is 0 Å². The molecule has 1 aliphatic heterocycles. The van der Waals surface area contributed by atoms with Crippen LogP contribution in [0.1, 0.15) is 41.8 Å². The molecule has 1 N–H and O–H groups in total. The number of aliphatic hydroxyl groups excluding tert-OH is 1. The summed E-state index contributed by atoms with van der Waals surface area (Å²) >= 11 is 6.65. The molecule has 7 nitrogen and oxygen atoms in total. The number of hydrogen-bond acceptors (Lipinski definition) is 7. The Morgan fingerprint density at radius 1 is 0.857 bits per heavy atom. The van der Waals surface area contributed by atoms with Crippen LogP contribution in [0, 0.1) is 7.43 Å². The number of benzene rings is 2. The number of ether oxygens (including phenoxy) is 5. The van der Waals surface area contributed by atoms with E-state index < -0.39 is 6.10 Å².